The molecule has 0 atom stereocenters. The number of rotatable bonds is 8. The van der Waals surface area contributed by atoms with Crippen molar-refractivity contribution < 1.29 is 9.53 Å². The average molecular weight is 420 g/mol. The van der Waals surface area contributed by atoms with Gasteiger partial charge in [-0.05, 0) is 50.1 Å². The quantitative estimate of drug-likeness (QED) is 0.426. The lowest BCUT2D eigenvalue weighted by atomic mass is 10.1. The van der Waals surface area contributed by atoms with Crippen LogP contribution in [-0.2, 0) is 6.54 Å². The summed E-state index contributed by atoms with van der Waals surface area (Å²) in [5, 5.41) is 6.97. The molecule has 0 saturated heterocycles. The molecule has 9 nitrogen and oxygen atoms in total. The van der Waals surface area contributed by atoms with E-state index < -0.39 is 0 Å². The molecule has 0 fully saturated rings. The number of ether oxygens (including phenoxy) is 1. The fourth-order valence-corrected chi connectivity index (χ4v) is 3.39. The Morgan fingerprint density at radius 3 is 2.77 bits per heavy atom. The molecule has 3 heterocycles. The van der Waals surface area contributed by atoms with Gasteiger partial charge in [0.1, 0.15) is 17.1 Å². The molecule has 3 aromatic heterocycles. The molecule has 0 saturated carbocycles. The maximum atomic E-state index is 12.7. The van der Waals surface area contributed by atoms with Crippen molar-refractivity contribution in [1.82, 2.24) is 29.5 Å². The Morgan fingerprint density at radius 2 is 2.06 bits per heavy atom. The number of nitrogens with zero attached hydrogens (tertiary/aromatic N) is 4. The molecule has 0 aliphatic heterocycles. The summed E-state index contributed by atoms with van der Waals surface area (Å²) in [5.74, 6) is 1.41. The van der Waals surface area contributed by atoms with Crippen molar-refractivity contribution in [2.45, 2.75) is 26.8 Å². The number of hydrogen-bond donors (Lipinski definition) is 2. The minimum Gasteiger partial charge on any atom is -0.494 e. The number of benzene rings is 1. The Morgan fingerprint density at radius 1 is 1.26 bits per heavy atom. The number of aromatic nitrogens is 5. The molecule has 4 rings (SSSR count). The Hall–Kier alpha value is -3.88. The summed E-state index contributed by atoms with van der Waals surface area (Å²) in [6.07, 6.45) is 5.83. The minimum absolute atomic E-state index is 0.281. The zero-order valence-corrected chi connectivity index (χ0v) is 17.5. The Labute approximate surface area is 178 Å². The molecule has 0 aliphatic carbocycles. The van der Waals surface area contributed by atoms with Gasteiger partial charge in [-0.15, -0.1) is 0 Å². The van der Waals surface area contributed by atoms with Crippen LogP contribution >= 0.6 is 0 Å². The normalized spacial score (nSPS) is 11.0. The van der Waals surface area contributed by atoms with E-state index >= 15 is 0 Å². The number of nitrogens with one attached hydrogen (secondary N) is 2. The molecule has 9 heteroatoms. The van der Waals surface area contributed by atoms with Crippen molar-refractivity contribution in [2.75, 3.05) is 13.2 Å². The number of amides is 1. The first kappa shape index (κ1) is 20.4. The largest absolute Gasteiger partial charge is 0.494 e. The highest BCUT2D eigenvalue weighted by molar-refractivity contribution is 5.99. The summed E-state index contributed by atoms with van der Waals surface area (Å²) in [6, 6.07) is 8.87. The zero-order chi connectivity index (χ0) is 21.8. The lowest BCUT2D eigenvalue weighted by Gasteiger charge is -2.08. The van der Waals surface area contributed by atoms with E-state index in [9.17, 15) is 9.59 Å². The van der Waals surface area contributed by atoms with Crippen LogP contribution in [0.1, 0.15) is 29.5 Å². The van der Waals surface area contributed by atoms with Crippen molar-refractivity contribution in [3.05, 3.63) is 70.7 Å². The Bertz CT molecular complexity index is 1250. The summed E-state index contributed by atoms with van der Waals surface area (Å²) in [6.45, 7) is 5.70. The smallest absolute Gasteiger partial charge is 0.274 e. The number of aryl methyl sites for hydroxylation is 2. The van der Waals surface area contributed by atoms with Crippen LogP contribution in [0.3, 0.4) is 0 Å². The standard InChI is InChI=1S/C22H24N6O3/c1-3-31-17-7-5-16(6-8-17)19-13-20(29)28-21(26-19)18(14-25-28)22(30)24-9-4-11-27-12-10-23-15(27)2/h5-8,10,12-14,26H,3-4,9,11H2,1-2H3,(H,24,30). The molecule has 1 amide bonds. The average Bonchev–Trinajstić information content (AvgIpc) is 3.38. The second kappa shape index (κ2) is 8.86. The van der Waals surface area contributed by atoms with E-state index in [0.29, 0.717) is 30.1 Å². The highest BCUT2D eigenvalue weighted by atomic mass is 16.5. The SMILES string of the molecule is CCOc1ccc(-c2cc(=O)n3ncc(C(=O)NCCCn4ccnc4C)c3[nH]2)cc1. The molecule has 2 N–H and O–H groups in total. The summed E-state index contributed by atoms with van der Waals surface area (Å²) in [7, 11) is 0. The van der Waals surface area contributed by atoms with E-state index in [2.05, 4.69) is 20.4 Å². The Balaban J connectivity index is 1.51. The highest BCUT2D eigenvalue weighted by Crippen LogP contribution is 2.21. The van der Waals surface area contributed by atoms with Crippen LogP contribution in [-0.4, -0.2) is 43.2 Å². The summed E-state index contributed by atoms with van der Waals surface area (Å²) in [5.41, 5.74) is 1.78. The third kappa shape index (κ3) is 4.35. The summed E-state index contributed by atoms with van der Waals surface area (Å²) >= 11 is 0. The molecule has 0 spiro atoms. The lowest BCUT2D eigenvalue weighted by molar-refractivity contribution is 0.0954. The number of hydrogen-bond acceptors (Lipinski definition) is 5. The molecule has 0 aliphatic rings. The van der Waals surface area contributed by atoms with Crippen LogP contribution in [0.15, 0.2) is 53.7 Å². The number of fused-ring (bicyclic) bond motifs is 1. The predicted octanol–water partition coefficient (Wildman–Crippen LogP) is 2.41. The van der Waals surface area contributed by atoms with Crippen molar-refractivity contribution in [2.24, 2.45) is 0 Å². The van der Waals surface area contributed by atoms with E-state index in [-0.39, 0.29) is 11.5 Å². The maximum Gasteiger partial charge on any atom is 0.274 e. The van der Waals surface area contributed by atoms with Gasteiger partial charge < -0.3 is 19.6 Å². The van der Waals surface area contributed by atoms with Gasteiger partial charge in [0.25, 0.3) is 11.5 Å². The molecule has 160 valence electrons. The van der Waals surface area contributed by atoms with Crippen LogP contribution in [0, 0.1) is 6.92 Å². The van der Waals surface area contributed by atoms with E-state index in [0.717, 1.165) is 30.1 Å². The van der Waals surface area contributed by atoms with Crippen LogP contribution in [0.25, 0.3) is 16.9 Å². The first-order valence-electron chi connectivity index (χ1n) is 10.2. The van der Waals surface area contributed by atoms with Crippen molar-refractivity contribution in [3.8, 4) is 17.0 Å². The third-order valence-corrected chi connectivity index (χ3v) is 5.00. The monoisotopic (exact) mass is 420 g/mol. The molecule has 0 bridgehead atoms. The van der Waals surface area contributed by atoms with Crippen molar-refractivity contribution >= 4 is 11.6 Å². The zero-order valence-electron chi connectivity index (χ0n) is 17.5. The predicted molar refractivity (Wildman–Crippen MR) is 116 cm³/mol. The van der Waals surface area contributed by atoms with Gasteiger partial charge in [0.05, 0.1) is 18.5 Å². The number of imidazole rings is 1. The molecule has 1 aromatic carbocycles. The van der Waals surface area contributed by atoms with Gasteiger partial charge in [-0.25, -0.2) is 4.98 Å². The Kier molecular flexibility index (Phi) is 5.83. The number of H-pyrrole nitrogens is 1. The molecular formula is C22H24N6O3. The second-order valence-corrected chi connectivity index (χ2v) is 7.07. The van der Waals surface area contributed by atoms with E-state index in [1.807, 2.05) is 48.9 Å². The van der Waals surface area contributed by atoms with Gasteiger partial charge >= 0.3 is 0 Å². The van der Waals surface area contributed by atoms with E-state index in [4.69, 9.17) is 4.74 Å². The number of aromatic amines is 1. The molecular weight excluding hydrogens is 396 g/mol. The third-order valence-electron chi connectivity index (χ3n) is 5.00. The lowest BCUT2D eigenvalue weighted by Crippen LogP contribution is -2.25. The fourth-order valence-electron chi connectivity index (χ4n) is 3.39. The number of carbonyl (C=O) groups is 1. The van der Waals surface area contributed by atoms with E-state index in [1.54, 1.807) is 6.20 Å². The van der Waals surface area contributed by atoms with Gasteiger partial charge in [0.15, 0.2) is 5.65 Å². The van der Waals surface area contributed by atoms with Gasteiger partial charge in [-0.3, -0.25) is 9.59 Å². The number of carbonyl (C=O) groups excluding carboxylic acids is 1. The van der Waals surface area contributed by atoms with Gasteiger partial charge in [-0.1, -0.05) is 0 Å². The van der Waals surface area contributed by atoms with Gasteiger partial charge in [0, 0.05) is 31.5 Å². The summed E-state index contributed by atoms with van der Waals surface area (Å²) in [4.78, 5) is 32.6. The molecule has 4 aromatic rings. The van der Waals surface area contributed by atoms with Crippen LogP contribution < -0.4 is 15.6 Å². The van der Waals surface area contributed by atoms with Crippen LogP contribution in [0.4, 0.5) is 0 Å². The van der Waals surface area contributed by atoms with E-state index in [1.165, 1.54) is 16.8 Å². The highest BCUT2D eigenvalue weighted by Gasteiger charge is 2.16. The molecule has 0 radical (unpaired) electrons. The van der Waals surface area contributed by atoms with Gasteiger partial charge in [-0.2, -0.15) is 9.61 Å². The van der Waals surface area contributed by atoms with Crippen molar-refractivity contribution in [1.29, 1.82) is 0 Å². The maximum absolute atomic E-state index is 12.7. The van der Waals surface area contributed by atoms with Crippen LogP contribution in [0.5, 0.6) is 5.75 Å². The summed E-state index contributed by atoms with van der Waals surface area (Å²) < 4.78 is 8.69. The van der Waals surface area contributed by atoms with Crippen molar-refractivity contribution in [3.63, 3.8) is 0 Å². The topological polar surface area (TPSA) is 106 Å². The first-order chi connectivity index (χ1) is 15.1. The molecule has 0 unspecified atom stereocenters. The first-order valence-corrected chi connectivity index (χ1v) is 10.2. The molecule has 31 heavy (non-hydrogen) atoms. The fraction of sp³-hybridized carbons (Fsp3) is 0.273. The van der Waals surface area contributed by atoms with Crippen LogP contribution in [0.2, 0.25) is 0 Å². The minimum atomic E-state index is -0.313. The van der Waals surface area contributed by atoms with Gasteiger partial charge in [0.2, 0.25) is 0 Å². The second-order valence-electron chi connectivity index (χ2n) is 7.07.